The quantitative estimate of drug-likeness (QED) is 0.615. The summed E-state index contributed by atoms with van der Waals surface area (Å²) in [5, 5.41) is 6.43. The third kappa shape index (κ3) is 4.82. The number of para-hydroxylation sites is 1. The maximum absolute atomic E-state index is 14.2. The minimum Gasteiger partial charge on any atom is -0.345 e. The van der Waals surface area contributed by atoms with E-state index in [0.717, 1.165) is 27.8 Å². The molecule has 0 saturated heterocycles. The summed E-state index contributed by atoms with van der Waals surface area (Å²) >= 11 is 0. The number of aryl methyl sites for hydroxylation is 1. The summed E-state index contributed by atoms with van der Waals surface area (Å²) in [7, 11) is -3.92. The van der Waals surface area contributed by atoms with Crippen LogP contribution in [-0.2, 0) is 21.4 Å². The van der Waals surface area contributed by atoms with Gasteiger partial charge < -0.3 is 9.84 Å². The molecule has 8 nitrogen and oxygen atoms in total. The van der Waals surface area contributed by atoms with Crippen molar-refractivity contribution >= 4 is 21.6 Å². The molecule has 0 spiro atoms. The van der Waals surface area contributed by atoms with Gasteiger partial charge in [-0.05, 0) is 26.0 Å². The van der Waals surface area contributed by atoms with Crippen molar-refractivity contribution in [3.63, 3.8) is 0 Å². The Hall–Kier alpha value is -3.27. The molecule has 1 heterocycles. The van der Waals surface area contributed by atoms with E-state index in [4.69, 9.17) is 4.52 Å². The molecule has 1 unspecified atom stereocenters. The summed E-state index contributed by atoms with van der Waals surface area (Å²) in [6, 6.07) is 11.7. The van der Waals surface area contributed by atoms with Crippen LogP contribution in [0.3, 0.4) is 0 Å². The average Bonchev–Trinajstić information content (AvgIpc) is 3.16. The fraction of sp³-hybridized carbons (Fsp3) is 0.250. The number of carbonyl (C=O) groups is 1. The van der Waals surface area contributed by atoms with Crippen molar-refractivity contribution in [3.8, 4) is 11.4 Å². The van der Waals surface area contributed by atoms with Crippen LogP contribution in [0.15, 0.2) is 53.1 Å². The highest BCUT2D eigenvalue weighted by Gasteiger charge is 2.31. The summed E-state index contributed by atoms with van der Waals surface area (Å²) in [5.74, 6) is -0.861. The summed E-state index contributed by atoms with van der Waals surface area (Å²) in [6.07, 6.45) is 0.912. The van der Waals surface area contributed by atoms with E-state index >= 15 is 0 Å². The Labute approximate surface area is 173 Å². The fourth-order valence-corrected chi connectivity index (χ4v) is 4.04. The number of nitrogens with zero attached hydrogens (tertiary/aromatic N) is 3. The Morgan fingerprint density at radius 2 is 1.87 bits per heavy atom. The first-order valence-electron chi connectivity index (χ1n) is 9.08. The molecule has 0 bridgehead atoms. The summed E-state index contributed by atoms with van der Waals surface area (Å²) in [6.45, 7) is 3.23. The normalized spacial score (nSPS) is 12.4. The highest BCUT2D eigenvalue weighted by molar-refractivity contribution is 7.92. The monoisotopic (exact) mass is 432 g/mol. The van der Waals surface area contributed by atoms with Crippen molar-refractivity contribution in [1.82, 2.24) is 15.5 Å². The van der Waals surface area contributed by atoms with Gasteiger partial charge in [0.15, 0.2) is 0 Å². The van der Waals surface area contributed by atoms with Gasteiger partial charge in [-0.25, -0.2) is 12.8 Å². The molecule has 10 heteroatoms. The van der Waals surface area contributed by atoms with Crippen LogP contribution in [0.2, 0.25) is 0 Å². The number of hydrogen-bond donors (Lipinski definition) is 1. The smallest absolute Gasteiger partial charge is 0.246 e. The minimum absolute atomic E-state index is 0.100. The zero-order chi connectivity index (χ0) is 21.9. The van der Waals surface area contributed by atoms with Crippen LogP contribution < -0.4 is 9.62 Å². The van der Waals surface area contributed by atoms with E-state index in [9.17, 15) is 17.6 Å². The second-order valence-electron chi connectivity index (χ2n) is 6.78. The molecule has 30 heavy (non-hydrogen) atoms. The van der Waals surface area contributed by atoms with E-state index in [1.54, 1.807) is 0 Å². The van der Waals surface area contributed by atoms with Gasteiger partial charge in [-0.1, -0.05) is 47.1 Å². The molecule has 0 saturated carbocycles. The third-order valence-electron chi connectivity index (χ3n) is 4.37. The van der Waals surface area contributed by atoms with Gasteiger partial charge >= 0.3 is 0 Å². The first-order valence-corrected chi connectivity index (χ1v) is 10.9. The predicted molar refractivity (Wildman–Crippen MR) is 110 cm³/mol. The molecule has 158 valence electrons. The molecule has 0 fully saturated rings. The summed E-state index contributed by atoms with van der Waals surface area (Å²) in [4.78, 5) is 16.8. The predicted octanol–water partition coefficient (Wildman–Crippen LogP) is 2.66. The Morgan fingerprint density at radius 1 is 1.20 bits per heavy atom. The number of carbonyl (C=O) groups excluding carboxylic acids is 1. The Balaban J connectivity index is 1.72. The minimum atomic E-state index is -3.92. The zero-order valence-electron chi connectivity index (χ0n) is 16.7. The van der Waals surface area contributed by atoms with Gasteiger partial charge in [0.1, 0.15) is 11.9 Å². The largest absolute Gasteiger partial charge is 0.345 e. The number of anilines is 1. The Kier molecular flexibility index (Phi) is 6.16. The second kappa shape index (κ2) is 8.62. The average molecular weight is 432 g/mol. The van der Waals surface area contributed by atoms with Gasteiger partial charge in [0, 0.05) is 5.56 Å². The van der Waals surface area contributed by atoms with Crippen LogP contribution in [0.25, 0.3) is 11.4 Å². The maximum atomic E-state index is 14.2. The molecule has 0 radical (unpaired) electrons. The van der Waals surface area contributed by atoms with Crippen LogP contribution in [0.5, 0.6) is 0 Å². The first kappa shape index (κ1) is 21.4. The zero-order valence-corrected chi connectivity index (χ0v) is 17.5. The lowest BCUT2D eigenvalue weighted by atomic mass is 10.1. The van der Waals surface area contributed by atoms with Crippen molar-refractivity contribution < 1.29 is 22.1 Å². The van der Waals surface area contributed by atoms with E-state index in [2.05, 4.69) is 15.5 Å². The van der Waals surface area contributed by atoms with Gasteiger partial charge in [-0.2, -0.15) is 4.98 Å². The Bertz CT molecular complexity index is 1150. The fourth-order valence-electron chi connectivity index (χ4n) is 2.87. The van der Waals surface area contributed by atoms with Gasteiger partial charge in [-0.3, -0.25) is 9.10 Å². The standard InChI is InChI=1S/C20H21FN4O4S/c1-13-8-10-15(11-9-13)19-23-18(29-24-19)12-22-20(26)14(2)25(30(3,27)28)17-7-5-4-6-16(17)21/h4-11,14H,12H2,1-3H3,(H,22,26). The number of amides is 1. The van der Waals surface area contributed by atoms with Gasteiger partial charge in [-0.15, -0.1) is 0 Å². The number of rotatable bonds is 7. The maximum Gasteiger partial charge on any atom is 0.246 e. The lowest BCUT2D eigenvalue weighted by Crippen LogP contribution is -2.48. The number of benzene rings is 2. The highest BCUT2D eigenvalue weighted by atomic mass is 32.2. The Morgan fingerprint density at radius 3 is 2.50 bits per heavy atom. The van der Waals surface area contributed by atoms with E-state index < -0.39 is 27.8 Å². The molecule has 3 aromatic rings. The van der Waals surface area contributed by atoms with Crippen LogP contribution in [-0.4, -0.2) is 36.8 Å². The van der Waals surface area contributed by atoms with Gasteiger partial charge in [0.05, 0.1) is 18.5 Å². The molecule has 1 N–H and O–H groups in total. The van der Waals surface area contributed by atoms with Crippen molar-refractivity contribution in [2.45, 2.75) is 26.4 Å². The molecular weight excluding hydrogens is 411 g/mol. The van der Waals surface area contributed by atoms with Gasteiger partial charge in [0.2, 0.25) is 27.6 Å². The molecule has 0 aliphatic carbocycles. The van der Waals surface area contributed by atoms with Crippen molar-refractivity contribution in [2.24, 2.45) is 0 Å². The lowest BCUT2D eigenvalue weighted by molar-refractivity contribution is -0.122. The SMILES string of the molecule is Cc1ccc(-c2noc(CNC(=O)C(C)N(c3ccccc3F)S(C)(=O)=O)n2)cc1. The van der Waals surface area contributed by atoms with E-state index in [1.165, 1.54) is 25.1 Å². The van der Waals surface area contributed by atoms with Crippen molar-refractivity contribution in [2.75, 3.05) is 10.6 Å². The van der Waals surface area contributed by atoms with Crippen LogP contribution in [0.4, 0.5) is 10.1 Å². The first-order chi connectivity index (χ1) is 14.2. The van der Waals surface area contributed by atoms with Crippen LogP contribution in [0, 0.1) is 12.7 Å². The number of aromatic nitrogens is 2. The molecule has 0 aliphatic rings. The molecule has 3 rings (SSSR count). The number of nitrogens with one attached hydrogen (secondary N) is 1. The highest BCUT2D eigenvalue weighted by Crippen LogP contribution is 2.24. The topological polar surface area (TPSA) is 105 Å². The van der Waals surface area contributed by atoms with Crippen molar-refractivity contribution in [1.29, 1.82) is 0 Å². The lowest BCUT2D eigenvalue weighted by Gasteiger charge is -2.28. The molecular formula is C20H21FN4O4S. The molecule has 1 aromatic heterocycles. The molecule has 0 aliphatic heterocycles. The molecule has 2 aromatic carbocycles. The molecule has 1 atom stereocenters. The van der Waals surface area contributed by atoms with Crippen LogP contribution in [0.1, 0.15) is 18.4 Å². The number of sulfonamides is 1. The van der Waals surface area contributed by atoms with E-state index in [-0.39, 0.29) is 18.1 Å². The summed E-state index contributed by atoms with van der Waals surface area (Å²) in [5.41, 5.74) is 1.65. The van der Waals surface area contributed by atoms with E-state index in [1.807, 2.05) is 31.2 Å². The van der Waals surface area contributed by atoms with E-state index in [0.29, 0.717) is 5.82 Å². The summed E-state index contributed by atoms with van der Waals surface area (Å²) < 4.78 is 44.5. The van der Waals surface area contributed by atoms with Crippen LogP contribution >= 0.6 is 0 Å². The second-order valence-corrected chi connectivity index (χ2v) is 8.64. The number of halogens is 1. The van der Waals surface area contributed by atoms with Gasteiger partial charge in [0.25, 0.3) is 0 Å². The third-order valence-corrected chi connectivity index (χ3v) is 5.60. The number of hydrogen-bond acceptors (Lipinski definition) is 6. The molecule has 1 amide bonds. The van der Waals surface area contributed by atoms with Crippen molar-refractivity contribution in [3.05, 3.63) is 65.8 Å².